The number of hydrogen-bond donors (Lipinski definition) is 3. The van der Waals surface area contributed by atoms with Crippen molar-refractivity contribution in [1.29, 1.82) is 0 Å². The Labute approximate surface area is 177 Å². The van der Waals surface area contributed by atoms with Gasteiger partial charge in [0.2, 0.25) is 10.0 Å². The van der Waals surface area contributed by atoms with Gasteiger partial charge >= 0.3 is 0 Å². The molecule has 0 amide bonds. The minimum atomic E-state index is -3.68. The summed E-state index contributed by atoms with van der Waals surface area (Å²) < 4.78 is 41.8. The van der Waals surface area contributed by atoms with E-state index in [1.165, 1.54) is 24.3 Å². The summed E-state index contributed by atoms with van der Waals surface area (Å²) >= 11 is 0. The van der Waals surface area contributed by atoms with Crippen molar-refractivity contribution in [3.8, 4) is 5.75 Å². The Morgan fingerprint density at radius 1 is 1.17 bits per heavy atom. The fraction of sp³-hybridized carbons (Fsp3) is 0.381. The van der Waals surface area contributed by atoms with Crippen LogP contribution in [0.2, 0.25) is 0 Å². The molecule has 0 heterocycles. The van der Waals surface area contributed by atoms with E-state index in [4.69, 9.17) is 9.88 Å². The van der Waals surface area contributed by atoms with Gasteiger partial charge < -0.3 is 15.4 Å². The standard InChI is InChI=1S/C21H29FN4O3S/c1-3-18(29-19-7-5-6-17(22)14-19)15-26-21(24-4-2)25-13-12-16-8-10-20(11-9-16)30(23,27)28/h5-11,14,18H,3-4,12-13,15H2,1-2H3,(H2,23,27,28)(H2,24,25,26). The van der Waals surface area contributed by atoms with Crippen LogP contribution < -0.4 is 20.5 Å². The predicted molar refractivity (Wildman–Crippen MR) is 117 cm³/mol. The van der Waals surface area contributed by atoms with E-state index in [0.29, 0.717) is 37.8 Å². The van der Waals surface area contributed by atoms with Crippen molar-refractivity contribution >= 4 is 16.0 Å². The van der Waals surface area contributed by atoms with E-state index in [0.717, 1.165) is 12.0 Å². The lowest BCUT2D eigenvalue weighted by molar-refractivity contribution is 0.205. The SMILES string of the molecule is CCNC(=NCC(CC)Oc1cccc(F)c1)NCCc1ccc(S(N)(=O)=O)cc1. The maximum Gasteiger partial charge on any atom is 0.238 e. The van der Waals surface area contributed by atoms with Crippen molar-refractivity contribution in [3.63, 3.8) is 0 Å². The second-order valence-electron chi connectivity index (χ2n) is 6.69. The molecule has 2 aromatic rings. The third-order valence-corrected chi connectivity index (χ3v) is 5.24. The van der Waals surface area contributed by atoms with E-state index in [9.17, 15) is 12.8 Å². The Morgan fingerprint density at radius 2 is 1.90 bits per heavy atom. The van der Waals surface area contributed by atoms with Gasteiger partial charge in [0.1, 0.15) is 17.7 Å². The van der Waals surface area contributed by atoms with Crippen molar-refractivity contribution < 1.29 is 17.5 Å². The highest BCUT2D eigenvalue weighted by atomic mass is 32.2. The molecule has 0 radical (unpaired) electrons. The molecule has 9 heteroatoms. The Bertz CT molecular complexity index is 934. The number of guanidine groups is 1. The molecule has 7 nitrogen and oxygen atoms in total. The number of ether oxygens (including phenoxy) is 1. The number of halogens is 1. The van der Waals surface area contributed by atoms with E-state index in [2.05, 4.69) is 15.6 Å². The van der Waals surface area contributed by atoms with Gasteiger partial charge in [0.25, 0.3) is 0 Å². The maximum atomic E-state index is 13.3. The molecule has 0 aliphatic heterocycles. The van der Waals surface area contributed by atoms with Crippen LogP contribution in [0, 0.1) is 5.82 Å². The van der Waals surface area contributed by atoms with Crippen molar-refractivity contribution in [2.75, 3.05) is 19.6 Å². The summed E-state index contributed by atoms with van der Waals surface area (Å²) in [4.78, 5) is 4.66. The van der Waals surface area contributed by atoms with Gasteiger partial charge in [0.05, 0.1) is 11.4 Å². The van der Waals surface area contributed by atoms with Crippen LogP contribution in [0.1, 0.15) is 25.8 Å². The fourth-order valence-electron chi connectivity index (χ4n) is 2.69. The van der Waals surface area contributed by atoms with Crippen LogP contribution in [0.5, 0.6) is 5.75 Å². The van der Waals surface area contributed by atoms with Gasteiger partial charge in [-0.25, -0.2) is 22.9 Å². The smallest absolute Gasteiger partial charge is 0.238 e. The molecule has 0 fully saturated rings. The first-order chi connectivity index (χ1) is 14.3. The van der Waals surface area contributed by atoms with Crippen LogP contribution in [-0.4, -0.2) is 40.1 Å². The summed E-state index contributed by atoms with van der Waals surface area (Å²) in [5, 5.41) is 11.5. The van der Waals surface area contributed by atoms with Crippen LogP contribution >= 0.6 is 0 Å². The molecule has 1 atom stereocenters. The van der Waals surface area contributed by atoms with E-state index in [-0.39, 0.29) is 16.8 Å². The summed E-state index contributed by atoms with van der Waals surface area (Å²) in [6, 6.07) is 12.6. The van der Waals surface area contributed by atoms with E-state index in [1.54, 1.807) is 24.3 Å². The first kappa shape index (κ1) is 23.6. The number of benzene rings is 2. The minimum Gasteiger partial charge on any atom is -0.488 e. The average molecular weight is 437 g/mol. The molecule has 0 aromatic heterocycles. The normalized spacial score (nSPS) is 13.0. The van der Waals surface area contributed by atoms with Crippen LogP contribution in [0.3, 0.4) is 0 Å². The van der Waals surface area contributed by atoms with Gasteiger partial charge in [0.15, 0.2) is 5.96 Å². The van der Waals surface area contributed by atoms with Crippen molar-refractivity contribution in [2.24, 2.45) is 10.1 Å². The molecule has 4 N–H and O–H groups in total. The summed E-state index contributed by atoms with van der Waals surface area (Å²) in [6.07, 6.45) is 1.25. The van der Waals surface area contributed by atoms with E-state index < -0.39 is 10.0 Å². The molecule has 0 spiro atoms. The summed E-state index contributed by atoms with van der Waals surface area (Å²) in [6.45, 7) is 5.71. The molecule has 0 aliphatic rings. The van der Waals surface area contributed by atoms with E-state index in [1.807, 2.05) is 13.8 Å². The maximum absolute atomic E-state index is 13.3. The first-order valence-corrected chi connectivity index (χ1v) is 11.4. The first-order valence-electron chi connectivity index (χ1n) is 9.88. The second kappa shape index (κ2) is 11.5. The van der Waals surface area contributed by atoms with Gasteiger partial charge in [0, 0.05) is 19.2 Å². The molecule has 2 rings (SSSR count). The summed E-state index contributed by atoms with van der Waals surface area (Å²) in [5.74, 6) is 0.802. The Hall–Kier alpha value is -2.65. The van der Waals surface area contributed by atoms with Gasteiger partial charge in [-0.3, -0.25) is 0 Å². The number of hydrogen-bond acceptors (Lipinski definition) is 4. The third-order valence-electron chi connectivity index (χ3n) is 4.31. The summed E-state index contributed by atoms with van der Waals surface area (Å²) in [5.41, 5.74) is 0.978. The number of nitrogens with zero attached hydrogens (tertiary/aromatic N) is 1. The molecule has 0 saturated carbocycles. The zero-order valence-electron chi connectivity index (χ0n) is 17.3. The highest BCUT2D eigenvalue weighted by Crippen LogP contribution is 2.15. The fourth-order valence-corrected chi connectivity index (χ4v) is 3.20. The molecule has 2 aromatic carbocycles. The van der Waals surface area contributed by atoms with Crippen molar-refractivity contribution in [2.45, 2.75) is 37.7 Å². The number of sulfonamides is 1. The average Bonchev–Trinajstić information content (AvgIpc) is 2.70. The molecule has 0 bridgehead atoms. The second-order valence-corrected chi connectivity index (χ2v) is 8.25. The topological polar surface area (TPSA) is 106 Å². The predicted octanol–water partition coefficient (Wildman–Crippen LogP) is 2.43. The van der Waals surface area contributed by atoms with Crippen molar-refractivity contribution in [1.82, 2.24) is 10.6 Å². The Morgan fingerprint density at radius 3 is 2.50 bits per heavy atom. The minimum absolute atomic E-state index is 0.0954. The monoisotopic (exact) mass is 436 g/mol. The van der Waals surface area contributed by atoms with Gasteiger partial charge in [-0.05, 0) is 49.6 Å². The third kappa shape index (κ3) is 8.00. The highest BCUT2D eigenvalue weighted by Gasteiger charge is 2.10. The number of nitrogens with one attached hydrogen (secondary N) is 2. The molecule has 0 saturated heterocycles. The van der Waals surface area contributed by atoms with Gasteiger partial charge in [-0.2, -0.15) is 0 Å². The largest absolute Gasteiger partial charge is 0.488 e. The summed E-state index contributed by atoms with van der Waals surface area (Å²) in [7, 11) is -3.68. The Kier molecular flexibility index (Phi) is 9.07. The number of nitrogens with two attached hydrogens (primary N) is 1. The quantitative estimate of drug-likeness (QED) is 0.392. The zero-order chi connectivity index (χ0) is 22.0. The lowest BCUT2D eigenvalue weighted by atomic mass is 10.1. The molecule has 30 heavy (non-hydrogen) atoms. The van der Waals surface area contributed by atoms with Crippen LogP contribution in [0.25, 0.3) is 0 Å². The number of aliphatic imine (C=N–C) groups is 1. The van der Waals surface area contributed by atoms with Crippen LogP contribution in [0.15, 0.2) is 58.4 Å². The van der Waals surface area contributed by atoms with Gasteiger partial charge in [-0.1, -0.05) is 25.1 Å². The highest BCUT2D eigenvalue weighted by molar-refractivity contribution is 7.89. The van der Waals surface area contributed by atoms with E-state index >= 15 is 0 Å². The molecule has 1 unspecified atom stereocenters. The van der Waals surface area contributed by atoms with Gasteiger partial charge in [-0.15, -0.1) is 0 Å². The molecular formula is C21H29FN4O3S. The molecule has 164 valence electrons. The Balaban J connectivity index is 1.89. The molecule has 0 aliphatic carbocycles. The van der Waals surface area contributed by atoms with Crippen LogP contribution in [0.4, 0.5) is 4.39 Å². The van der Waals surface area contributed by atoms with Crippen LogP contribution in [-0.2, 0) is 16.4 Å². The lowest BCUT2D eigenvalue weighted by Gasteiger charge is -2.17. The number of rotatable bonds is 10. The molecular weight excluding hydrogens is 407 g/mol. The zero-order valence-corrected chi connectivity index (χ0v) is 18.1. The number of primary sulfonamides is 1. The lowest BCUT2D eigenvalue weighted by Crippen LogP contribution is -2.39. The van der Waals surface area contributed by atoms with Crippen molar-refractivity contribution in [3.05, 3.63) is 59.9 Å².